The molecule has 2 aromatic rings. The molecule has 1 aromatic heterocycles. The van der Waals surface area contributed by atoms with Crippen molar-refractivity contribution in [1.82, 2.24) is 5.16 Å². The highest BCUT2D eigenvalue weighted by Crippen LogP contribution is 2.09. The zero-order chi connectivity index (χ0) is 12.1. The summed E-state index contributed by atoms with van der Waals surface area (Å²) in [5.74, 6) is -0.495. The molecule has 1 aromatic carbocycles. The molecule has 0 aliphatic carbocycles. The number of carboxylic acids is 1. The van der Waals surface area contributed by atoms with Gasteiger partial charge in [0.25, 0.3) is 0 Å². The first-order chi connectivity index (χ1) is 8.25. The van der Waals surface area contributed by atoms with Gasteiger partial charge in [0.15, 0.2) is 5.82 Å². The maximum Gasteiger partial charge on any atom is 0.326 e. The fourth-order valence-corrected chi connectivity index (χ4v) is 1.52. The van der Waals surface area contributed by atoms with Gasteiger partial charge < -0.3 is 14.9 Å². The molecule has 2 N–H and O–H groups in total. The van der Waals surface area contributed by atoms with E-state index in [4.69, 9.17) is 5.11 Å². The number of nitrogens with zero attached hydrogens (tertiary/aromatic N) is 1. The third kappa shape index (κ3) is 3.07. The van der Waals surface area contributed by atoms with E-state index in [0.29, 0.717) is 12.2 Å². The molecule has 2 rings (SSSR count). The van der Waals surface area contributed by atoms with Gasteiger partial charge in [-0.2, -0.15) is 0 Å². The number of carbonyl (C=O) groups is 1. The van der Waals surface area contributed by atoms with Gasteiger partial charge in [-0.25, -0.2) is 4.79 Å². The summed E-state index contributed by atoms with van der Waals surface area (Å²) in [7, 11) is 0. The van der Waals surface area contributed by atoms with Crippen molar-refractivity contribution in [3.05, 3.63) is 48.2 Å². The van der Waals surface area contributed by atoms with Crippen LogP contribution in [0.3, 0.4) is 0 Å². The molecule has 0 saturated carbocycles. The van der Waals surface area contributed by atoms with Crippen molar-refractivity contribution >= 4 is 11.8 Å². The molecule has 88 valence electrons. The van der Waals surface area contributed by atoms with Crippen molar-refractivity contribution in [1.29, 1.82) is 0 Å². The minimum Gasteiger partial charge on any atom is -0.480 e. The number of rotatable bonds is 5. The first-order valence-electron chi connectivity index (χ1n) is 5.19. The van der Waals surface area contributed by atoms with Crippen molar-refractivity contribution < 1.29 is 14.4 Å². The number of nitrogens with one attached hydrogen (secondary N) is 1. The number of anilines is 1. The van der Waals surface area contributed by atoms with Crippen LogP contribution in [-0.4, -0.2) is 22.3 Å². The number of benzene rings is 1. The molecule has 0 aliphatic heterocycles. The van der Waals surface area contributed by atoms with Gasteiger partial charge in [0.2, 0.25) is 0 Å². The molecule has 17 heavy (non-hydrogen) atoms. The van der Waals surface area contributed by atoms with E-state index in [1.807, 2.05) is 30.3 Å². The Morgan fingerprint density at radius 1 is 1.35 bits per heavy atom. The van der Waals surface area contributed by atoms with E-state index >= 15 is 0 Å². The minimum absolute atomic E-state index is 0.392. The van der Waals surface area contributed by atoms with Crippen LogP contribution in [0.5, 0.6) is 0 Å². The van der Waals surface area contributed by atoms with E-state index in [9.17, 15) is 4.79 Å². The van der Waals surface area contributed by atoms with Crippen molar-refractivity contribution in [2.45, 2.75) is 12.5 Å². The smallest absolute Gasteiger partial charge is 0.326 e. The number of carboxylic acid groups (broad SMARTS) is 1. The molecule has 0 fully saturated rings. The Bertz CT molecular complexity index is 468. The molecule has 0 aliphatic rings. The first-order valence-corrected chi connectivity index (χ1v) is 5.19. The molecule has 1 atom stereocenters. The second-order valence-electron chi connectivity index (χ2n) is 3.61. The Morgan fingerprint density at radius 3 is 2.71 bits per heavy atom. The van der Waals surface area contributed by atoms with Gasteiger partial charge in [0.05, 0.1) is 0 Å². The Kier molecular flexibility index (Phi) is 3.40. The second-order valence-corrected chi connectivity index (χ2v) is 3.61. The van der Waals surface area contributed by atoms with E-state index in [2.05, 4.69) is 15.0 Å². The first kappa shape index (κ1) is 11.2. The fourth-order valence-electron chi connectivity index (χ4n) is 1.52. The van der Waals surface area contributed by atoms with Gasteiger partial charge in [-0.05, 0) is 5.56 Å². The number of aromatic nitrogens is 1. The van der Waals surface area contributed by atoms with Gasteiger partial charge in [0, 0.05) is 12.5 Å². The highest BCUT2D eigenvalue weighted by molar-refractivity contribution is 5.77. The van der Waals surface area contributed by atoms with Crippen LogP contribution in [0, 0.1) is 0 Å². The van der Waals surface area contributed by atoms with Gasteiger partial charge >= 0.3 is 5.97 Å². The maximum atomic E-state index is 11.1. The Hall–Kier alpha value is -2.30. The lowest BCUT2D eigenvalue weighted by Crippen LogP contribution is -2.31. The summed E-state index contributed by atoms with van der Waals surface area (Å²) in [5, 5.41) is 15.5. The largest absolute Gasteiger partial charge is 0.480 e. The lowest BCUT2D eigenvalue weighted by atomic mass is 10.1. The monoisotopic (exact) mass is 232 g/mol. The van der Waals surface area contributed by atoms with Crippen molar-refractivity contribution in [3.63, 3.8) is 0 Å². The lowest BCUT2D eigenvalue weighted by Gasteiger charge is -2.13. The van der Waals surface area contributed by atoms with Crippen molar-refractivity contribution in [2.24, 2.45) is 0 Å². The molecule has 5 heteroatoms. The number of hydrogen-bond donors (Lipinski definition) is 2. The van der Waals surface area contributed by atoms with E-state index in [-0.39, 0.29) is 0 Å². The van der Waals surface area contributed by atoms with Crippen LogP contribution in [0.1, 0.15) is 5.56 Å². The predicted octanol–water partition coefficient (Wildman–Crippen LogP) is 1.78. The van der Waals surface area contributed by atoms with Crippen LogP contribution in [0.2, 0.25) is 0 Å². The molecule has 0 bridgehead atoms. The summed E-state index contributed by atoms with van der Waals surface area (Å²) in [4.78, 5) is 11.1. The van der Waals surface area contributed by atoms with Crippen LogP contribution < -0.4 is 5.32 Å². The lowest BCUT2D eigenvalue weighted by molar-refractivity contribution is -0.137. The summed E-state index contributed by atoms with van der Waals surface area (Å²) in [6.45, 7) is 0. The highest BCUT2D eigenvalue weighted by atomic mass is 16.5. The molecule has 0 saturated heterocycles. The van der Waals surface area contributed by atoms with Gasteiger partial charge in [-0.15, -0.1) is 0 Å². The molecule has 1 heterocycles. The van der Waals surface area contributed by atoms with Crippen LogP contribution in [0.15, 0.2) is 47.2 Å². The topological polar surface area (TPSA) is 75.4 Å². The average Bonchev–Trinajstić information content (AvgIpc) is 2.82. The maximum absolute atomic E-state index is 11.1. The van der Waals surface area contributed by atoms with Crippen LogP contribution in [0.4, 0.5) is 5.82 Å². The van der Waals surface area contributed by atoms with Crippen LogP contribution in [-0.2, 0) is 11.2 Å². The number of hydrogen-bond acceptors (Lipinski definition) is 4. The fraction of sp³-hybridized carbons (Fsp3) is 0.167. The summed E-state index contributed by atoms with van der Waals surface area (Å²) in [5.41, 5.74) is 0.955. The zero-order valence-electron chi connectivity index (χ0n) is 9.04. The van der Waals surface area contributed by atoms with Crippen molar-refractivity contribution in [2.75, 3.05) is 5.32 Å². The molecule has 0 unspecified atom stereocenters. The van der Waals surface area contributed by atoms with Gasteiger partial charge in [0.1, 0.15) is 12.3 Å². The molecule has 0 spiro atoms. The van der Waals surface area contributed by atoms with Crippen molar-refractivity contribution in [3.8, 4) is 0 Å². The zero-order valence-corrected chi connectivity index (χ0v) is 9.04. The highest BCUT2D eigenvalue weighted by Gasteiger charge is 2.18. The third-order valence-corrected chi connectivity index (χ3v) is 2.34. The van der Waals surface area contributed by atoms with Gasteiger partial charge in [-0.3, -0.25) is 0 Å². The van der Waals surface area contributed by atoms with E-state index in [1.54, 1.807) is 6.07 Å². The molecule has 0 radical (unpaired) electrons. The minimum atomic E-state index is -0.920. The standard InChI is InChI=1S/C12H12N2O3/c15-12(16)10(13-11-6-7-17-14-11)8-9-4-2-1-3-5-9/h1-7,10H,8H2,(H,13,14)(H,15,16)/t10-/m0/s1. The summed E-state index contributed by atoms with van der Waals surface area (Å²) < 4.78 is 4.64. The predicted molar refractivity (Wildman–Crippen MR) is 61.7 cm³/mol. The van der Waals surface area contributed by atoms with E-state index < -0.39 is 12.0 Å². The Morgan fingerprint density at radius 2 is 2.12 bits per heavy atom. The molecular weight excluding hydrogens is 220 g/mol. The SMILES string of the molecule is O=C(O)[C@H](Cc1ccccc1)Nc1ccon1. The van der Waals surface area contributed by atoms with E-state index in [0.717, 1.165) is 5.56 Å². The van der Waals surface area contributed by atoms with E-state index in [1.165, 1.54) is 6.26 Å². The quantitative estimate of drug-likeness (QED) is 0.821. The van der Waals surface area contributed by atoms with Crippen LogP contribution >= 0.6 is 0 Å². The average molecular weight is 232 g/mol. The summed E-state index contributed by atoms with van der Waals surface area (Å²) in [6.07, 6.45) is 1.78. The Balaban J connectivity index is 2.06. The number of aliphatic carboxylic acids is 1. The molecule has 5 nitrogen and oxygen atoms in total. The summed E-state index contributed by atoms with van der Waals surface area (Å²) >= 11 is 0. The molecular formula is C12H12N2O3. The van der Waals surface area contributed by atoms with Crippen LogP contribution in [0.25, 0.3) is 0 Å². The normalized spacial score (nSPS) is 12.0. The Labute approximate surface area is 98.1 Å². The summed E-state index contributed by atoms with van der Waals surface area (Å²) in [6, 6.07) is 10.3. The van der Waals surface area contributed by atoms with Gasteiger partial charge in [-0.1, -0.05) is 35.5 Å². The second kappa shape index (κ2) is 5.16. The third-order valence-electron chi connectivity index (χ3n) is 2.34. The molecule has 0 amide bonds.